The predicted molar refractivity (Wildman–Crippen MR) is 121 cm³/mol. The summed E-state index contributed by atoms with van der Waals surface area (Å²) < 4.78 is 0. The van der Waals surface area contributed by atoms with Crippen molar-refractivity contribution in [1.29, 1.82) is 0 Å². The molecule has 1 unspecified atom stereocenters. The number of rotatable bonds is 5. The Morgan fingerprint density at radius 2 is 1.93 bits per heavy atom. The number of hydrogen-bond acceptors (Lipinski definition) is 5. The first kappa shape index (κ1) is 20.8. The maximum atomic E-state index is 12.9. The number of hydrogen-bond donors (Lipinski definition) is 1. The highest BCUT2D eigenvalue weighted by Crippen LogP contribution is 2.35. The van der Waals surface area contributed by atoms with E-state index in [9.17, 15) is 9.59 Å². The SMILES string of the molecule is CCC(=O)N1CCN(c2nc3c(s2)CC(C(=O)Nc2ccccc2CC)CC3)CC1. The quantitative estimate of drug-likeness (QED) is 0.795. The summed E-state index contributed by atoms with van der Waals surface area (Å²) in [6, 6.07) is 8.03. The Morgan fingerprint density at radius 1 is 1.17 bits per heavy atom. The third-order valence-electron chi connectivity index (χ3n) is 6.16. The lowest BCUT2D eigenvalue weighted by Crippen LogP contribution is -2.48. The van der Waals surface area contributed by atoms with Crippen molar-refractivity contribution in [3.8, 4) is 0 Å². The van der Waals surface area contributed by atoms with Crippen molar-refractivity contribution in [2.24, 2.45) is 5.92 Å². The van der Waals surface area contributed by atoms with Gasteiger partial charge in [-0.25, -0.2) is 4.98 Å². The number of para-hydroxylation sites is 1. The van der Waals surface area contributed by atoms with Crippen molar-refractivity contribution in [3.05, 3.63) is 40.4 Å². The van der Waals surface area contributed by atoms with Gasteiger partial charge in [-0.1, -0.05) is 32.0 Å². The van der Waals surface area contributed by atoms with Gasteiger partial charge >= 0.3 is 0 Å². The molecule has 4 rings (SSSR count). The molecule has 1 atom stereocenters. The Kier molecular flexibility index (Phi) is 6.37. The Morgan fingerprint density at radius 3 is 2.67 bits per heavy atom. The Balaban J connectivity index is 1.38. The molecule has 2 heterocycles. The van der Waals surface area contributed by atoms with Gasteiger partial charge in [0.25, 0.3) is 0 Å². The van der Waals surface area contributed by atoms with Gasteiger partial charge in [0.15, 0.2) is 5.13 Å². The van der Waals surface area contributed by atoms with Gasteiger partial charge in [0.05, 0.1) is 5.69 Å². The maximum absolute atomic E-state index is 12.9. The number of anilines is 2. The first-order chi connectivity index (χ1) is 14.6. The molecule has 1 aromatic heterocycles. The van der Waals surface area contributed by atoms with Crippen LogP contribution in [0.5, 0.6) is 0 Å². The topological polar surface area (TPSA) is 65.5 Å². The number of fused-ring (bicyclic) bond motifs is 1. The lowest BCUT2D eigenvalue weighted by atomic mass is 9.90. The zero-order valence-electron chi connectivity index (χ0n) is 17.8. The monoisotopic (exact) mass is 426 g/mol. The van der Waals surface area contributed by atoms with Crippen molar-refractivity contribution in [2.75, 3.05) is 36.4 Å². The van der Waals surface area contributed by atoms with Gasteiger partial charge in [0.2, 0.25) is 11.8 Å². The van der Waals surface area contributed by atoms with Crippen molar-refractivity contribution in [2.45, 2.75) is 46.0 Å². The van der Waals surface area contributed by atoms with E-state index in [-0.39, 0.29) is 17.7 Å². The van der Waals surface area contributed by atoms with Crippen LogP contribution in [0.15, 0.2) is 24.3 Å². The number of benzene rings is 1. The minimum Gasteiger partial charge on any atom is -0.345 e. The summed E-state index contributed by atoms with van der Waals surface area (Å²) in [4.78, 5) is 35.2. The number of piperazine rings is 1. The third-order valence-corrected chi connectivity index (χ3v) is 7.34. The van der Waals surface area contributed by atoms with E-state index in [0.29, 0.717) is 6.42 Å². The first-order valence-corrected chi connectivity index (χ1v) is 11.8. The second-order valence-corrected chi connectivity index (χ2v) is 9.09. The van der Waals surface area contributed by atoms with E-state index >= 15 is 0 Å². The highest BCUT2D eigenvalue weighted by atomic mass is 32.1. The van der Waals surface area contributed by atoms with Crippen LogP contribution in [-0.2, 0) is 28.9 Å². The molecule has 0 radical (unpaired) electrons. The smallest absolute Gasteiger partial charge is 0.227 e. The maximum Gasteiger partial charge on any atom is 0.227 e. The fourth-order valence-corrected chi connectivity index (χ4v) is 5.51. The molecule has 1 aromatic carbocycles. The number of nitrogens with one attached hydrogen (secondary N) is 1. The van der Waals surface area contributed by atoms with E-state index in [1.165, 1.54) is 10.4 Å². The first-order valence-electron chi connectivity index (χ1n) is 11.0. The molecule has 1 fully saturated rings. The van der Waals surface area contributed by atoms with Gasteiger partial charge in [-0.2, -0.15) is 0 Å². The molecular formula is C23H30N4O2S. The molecular weight excluding hydrogens is 396 g/mol. The van der Waals surface area contributed by atoms with Crippen LogP contribution in [0.25, 0.3) is 0 Å². The number of carbonyl (C=O) groups excluding carboxylic acids is 2. The van der Waals surface area contributed by atoms with E-state index in [0.717, 1.165) is 68.4 Å². The molecule has 1 aliphatic carbocycles. The summed E-state index contributed by atoms with van der Waals surface area (Å²) >= 11 is 1.72. The molecule has 0 bridgehead atoms. The molecule has 160 valence electrons. The van der Waals surface area contributed by atoms with Crippen LogP contribution in [0, 0.1) is 5.92 Å². The highest BCUT2D eigenvalue weighted by Gasteiger charge is 2.30. The zero-order valence-corrected chi connectivity index (χ0v) is 18.6. The molecule has 2 aliphatic rings. The van der Waals surface area contributed by atoms with Gasteiger partial charge in [-0.3, -0.25) is 9.59 Å². The summed E-state index contributed by atoms with van der Waals surface area (Å²) in [7, 11) is 0. The molecule has 7 heteroatoms. The van der Waals surface area contributed by atoms with Crippen molar-refractivity contribution >= 4 is 34.0 Å². The van der Waals surface area contributed by atoms with Crippen LogP contribution in [0.2, 0.25) is 0 Å². The van der Waals surface area contributed by atoms with E-state index < -0.39 is 0 Å². The Hall–Kier alpha value is -2.41. The number of carbonyl (C=O) groups is 2. The minimum absolute atomic E-state index is 0.00487. The minimum atomic E-state index is -0.00487. The number of aryl methyl sites for hydroxylation is 2. The van der Waals surface area contributed by atoms with Crippen LogP contribution < -0.4 is 10.2 Å². The number of thiazole rings is 1. The Bertz CT molecular complexity index is 918. The van der Waals surface area contributed by atoms with E-state index in [1.807, 2.05) is 30.0 Å². The second-order valence-electron chi connectivity index (χ2n) is 8.03. The molecule has 1 N–H and O–H groups in total. The average molecular weight is 427 g/mol. The second kappa shape index (κ2) is 9.16. The molecule has 1 saturated heterocycles. The lowest BCUT2D eigenvalue weighted by molar-refractivity contribution is -0.131. The van der Waals surface area contributed by atoms with Gasteiger partial charge in [0.1, 0.15) is 0 Å². The molecule has 6 nitrogen and oxygen atoms in total. The summed E-state index contributed by atoms with van der Waals surface area (Å²) in [6.45, 7) is 7.20. The summed E-state index contributed by atoms with van der Waals surface area (Å²) in [5.41, 5.74) is 3.25. The molecule has 1 aliphatic heterocycles. The van der Waals surface area contributed by atoms with Gasteiger partial charge in [0, 0.05) is 49.1 Å². The average Bonchev–Trinajstić information content (AvgIpc) is 3.22. The lowest BCUT2D eigenvalue weighted by Gasteiger charge is -2.34. The Labute approximate surface area is 182 Å². The van der Waals surface area contributed by atoms with Crippen LogP contribution in [0.4, 0.5) is 10.8 Å². The largest absolute Gasteiger partial charge is 0.345 e. The molecule has 0 spiro atoms. The number of nitrogens with zero attached hydrogens (tertiary/aromatic N) is 3. The molecule has 30 heavy (non-hydrogen) atoms. The number of aromatic nitrogens is 1. The van der Waals surface area contributed by atoms with E-state index in [4.69, 9.17) is 4.98 Å². The van der Waals surface area contributed by atoms with Crippen LogP contribution >= 0.6 is 11.3 Å². The van der Waals surface area contributed by atoms with Crippen molar-refractivity contribution in [1.82, 2.24) is 9.88 Å². The van der Waals surface area contributed by atoms with E-state index in [1.54, 1.807) is 11.3 Å². The van der Waals surface area contributed by atoms with E-state index in [2.05, 4.69) is 23.2 Å². The standard InChI is InChI=1S/C23H30N4O2S/c1-3-16-7-5-6-8-18(16)24-22(29)17-9-10-19-20(15-17)30-23(25-19)27-13-11-26(12-14-27)21(28)4-2/h5-8,17H,3-4,9-15H2,1-2H3,(H,24,29). The van der Waals surface area contributed by atoms with Crippen LogP contribution in [-0.4, -0.2) is 47.9 Å². The molecule has 0 saturated carbocycles. The molecule has 2 amide bonds. The summed E-state index contributed by atoms with van der Waals surface area (Å²) in [5, 5.41) is 4.19. The van der Waals surface area contributed by atoms with Crippen molar-refractivity contribution in [3.63, 3.8) is 0 Å². The normalized spacial score (nSPS) is 18.8. The van der Waals surface area contributed by atoms with Gasteiger partial charge in [-0.15, -0.1) is 11.3 Å². The zero-order chi connectivity index (χ0) is 21.1. The van der Waals surface area contributed by atoms with Crippen molar-refractivity contribution < 1.29 is 9.59 Å². The highest BCUT2D eigenvalue weighted by molar-refractivity contribution is 7.15. The summed E-state index contributed by atoms with van der Waals surface area (Å²) in [5.74, 6) is 0.338. The number of amides is 2. The van der Waals surface area contributed by atoms with Crippen LogP contribution in [0.1, 0.15) is 42.8 Å². The van der Waals surface area contributed by atoms with Gasteiger partial charge in [-0.05, 0) is 37.3 Å². The van der Waals surface area contributed by atoms with Gasteiger partial charge < -0.3 is 15.1 Å². The third kappa shape index (κ3) is 4.36. The van der Waals surface area contributed by atoms with Crippen LogP contribution in [0.3, 0.4) is 0 Å². The summed E-state index contributed by atoms with van der Waals surface area (Å²) in [6.07, 6.45) is 3.93. The molecule has 2 aromatic rings. The fraction of sp³-hybridized carbons (Fsp3) is 0.522. The predicted octanol–water partition coefficient (Wildman–Crippen LogP) is 3.51. The fourth-order valence-electron chi connectivity index (χ4n) is 4.28.